The second-order valence-electron chi connectivity index (χ2n) is 11.2. The molecule has 0 amide bonds. The molecule has 0 saturated carbocycles. The van der Waals surface area contributed by atoms with Crippen molar-refractivity contribution in [1.29, 1.82) is 0 Å². The quantitative estimate of drug-likeness (QED) is 0.118. The molecule has 0 aliphatic heterocycles. The number of rotatable bonds is 13. The van der Waals surface area contributed by atoms with Crippen molar-refractivity contribution in [2.75, 3.05) is 0 Å². The van der Waals surface area contributed by atoms with E-state index in [0.29, 0.717) is 0 Å². The molecular weight excluding hydrogens is 601 g/mol. The fraction of sp³-hybridized carbons (Fsp3) is 0. The van der Waals surface area contributed by atoms with E-state index in [1.54, 1.807) is 0 Å². The summed E-state index contributed by atoms with van der Waals surface area (Å²) >= 11 is 0. The zero-order chi connectivity index (χ0) is 33.8. The SMILES string of the molecule is C=Cc1ccc(Oc2ccc(C=CC=C(c3ccc(Oc4ccc(C=C)cc4)cc3)c3ccc(Oc4ccc(C=C)cc4)cc3)cc2)cc1. The molecule has 0 fully saturated rings. The van der Waals surface area contributed by atoms with Gasteiger partial charge < -0.3 is 14.2 Å². The summed E-state index contributed by atoms with van der Waals surface area (Å²) in [5, 5.41) is 0. The van der Waals surface area contributed by atoms with Crippen LogP contribution < -0.4 is 14.2 Å². The third-order valence-electron chi connectivity index (χ3n) is 7.82. The van der Waals surface area contributed by atoms with Crippen molar-refractivity contribution in [3.63, 3.8) is 0 Å². The molecular formula is C46H36O3. The van der Waals surface area contributed by atoms with Crippen LogP contribution >= 0.6 is 0 Å². The van der Waals surface area contributed by atoms with E-state index in [4.69, 9.17) is 14.2 Å². The average molecular weight is 637 g/mol. The third kappa shape index (κ3) is 8.82. The van der Waals surface area contributed by atoms with Crippen LogP contribution in [0.25, 0.3) is 29.9 Å². The van der Waals surface area contributed by atoms with Gasteiger partial charge in [0.15, 0.2) is 0 Å². The minimum absolute atomic E-state index is 0.759. The molecule has 0 radical (unpaired) electrons. The van der Waals surface area contributed by atoms with E-state index in [0.717, 1.165) is 73.5 Å². The van der Waals surface area contributed by atoms with E-state index in [2.05, 4.69) is 62.2 Å². The highest BCUT2D eigenvalue weighted by Gasteiger charge is 2.08. The summed E-state index contributed by atoms with van der Waals surface area (Å²) in [6.07, 6.45) is 11.7. The van der Waals surface area contributed by atoms with E-state index in [-0.39, 0.29) is 0 Å². The maximum absolute atomic E-state index is 6.10. The fourth-order valence-electron chi connectivity index (χ4n) is 5.09. The van der Waals surface area contributed by atoms with Gasteiger partial charge in [-0.3, -0.25) is 0 Å². The molecule has 0 aliphatic carbocycles. The van der Waals surface area contributed by atoms with Crippen LogP contribution in [-0.2, 0) is 0 Å². The summed E-state index contributed by atoms with van der Waals surface area (Å²) < 4.78 is 18.2. The Morgan fingerprint density at radius 1 is 0.347 bits per heavy atom. The van der Waals surface area contributed by atoms with E-state index >= 15 is 0 Å². The van der Waals surface area contributed by atoms with Gasteiger partial charge >= 0.3 is 0 Å². The lowest BCUT2D eigenvalue weighted by atomic mass is 9.97. The van der Waals surface area contributed by atoms with Gasteiger partial charge in [0.2, 0.25) is 0 Å². The van der Waals surface area contributed by atoms with Crippen LogP contribution in [0.1, 0.15) is 33.4 Å². The number of benzene rings is 6. The Bertz CT molecular complexity index is 1970. The maximum atomic E-state index is 6.10. The smallest absolute Gasteiger partial charge is 0.127 e. The van der Waals surface area contributed by atoms with Crippen molar-refractivity contribution in [2.45, 2.75) is 0 Å². The number of hydrogen-bond donors (Lipinski definition) is 0. The third-order valence-corrected chi connectivity index (χ3v) is 7.82. The lowest BCUT2D eigenvalue weighted by molar-refractivity contribution is 0.482. The number of hydrogen-bond acceptors (Lipinski definition) is 3. The van der Waals surface area contributed by atoms with Gasteiger partial charge in [-0.15, -0.1) is 0 Å². The summed E-state index contributed by atoms with van der Waals surface area (Å²) in [5.41, 5.74) is 7.37. The van der Waals surface area contributed by atoms with Crippen molar-refractivity contribution < 1.29 is 14.2 Å². The molecule has 49 heavy (non-hydrogen) atoms. The summed E-state index contributed by atoms with van der Waals surface area (Å²) in [4.78, 5) is 0. The molecule has 0 aliphatic rings. The largest absolute Gasteiger partial charge is 0.457 e. The van der Waals surface area contributed by atoms with Crippen LogP contribution in [0.4, 0.5) is 0 Å². The van der Waals surface area contributed by atoms with Gasteiger partial charge in [0, 0.05) is 0 Å². The van der Waals surface area contributed by atoms with Crippen molar-refractivity contribution in [3.8, 4) is 34.5 Å². The molecule has 6 aromatic rings. The molecule has 0 saturated heterocycles. The molecule has 0 atom stereocenters. The monoisotopic (exact) mass is 636 g/mol. The first kappa shape index (κ1) is 32.4. The molecule has 0 spiro atoms. The van der Waals surface area contributed by atoms with Crippen LogP contribution in [-0.4, -0.2) is 0 Å². The summed E-state index contributed by atoms with van der Waals surface area (Å²) in [6, 6.07) is 47.8. The molecule has 0 N–H and O–H groups in total. The van der Waals surface area contributed by atoms with E-state index in [9.17, 15) is 0 Å². The van der Waals surface area contributed by atoms with Gasteiger partial charge in [0.25, 0.3) is 0 Å². The Hall–Kier alpha value is -6.58. The number of ether oxygens (including phenoxy) is 3. The normalized spacial score (nSPS) is 10.6. The molecule has 0 heterocycles. The van der Waals surface area contributed by atoms with Gasteiger partial charge in [-0.1, -0.05) is 129 Å². The van der Waals surface area contributed by atoms with Crippen LogP contribution in [0, 0.1) is 0 Å². The molecule has 3 heteroatoms. The molecule has 3 nitrogen and oxygen atoms in total. The van der Waals surface area contributed by atoms with E-state index < -0.39 is 0 Å². The second kappa shape index (κ2) is 15.8. The predicted octanol–water partition coefficient (Wildman–Crippen LogP) is 13.1. The molecule has 238 valence electrons. The Labute approximate surface area is 288 Å². The van der Waals surface area contributed by atoms with Crippen molar-refractivity contribution >= 4 is 29.9 Å². The first-order valence-corrected chi connectivity index (χ1v) is 16.0. The molecule has 0 bridgehead atoms. The van der Waals surface area contributed by atoms with Crippen LogP contribution in [0.3, 0.4) is 0 Å². The zero-order valence-corrected chi connectivity index (χ0v) is 27.2. The Morgan fingerprint density at radius 2 is 0.612 bits per heavy atom. The second-order valence-corrected chi connectivity index (χ2v) is 11.2. The van der Waals surface area contributed by atoms with Crippen molar-refractivity contribution in [2.24, 2.45) is 0 Å². The summed E-state index contributed by atoms with van der Waals surface area (Å²) in [7, 11) is 0. The first-order valence-electron chi connectivity index (χ1n) is 16.0. The summed E-state index contributed by atoms with van der Waals surface area (Å²) in [6.45, 7) is 11.4. The van der Waals surface area contributed by atoms with Gasteiger partial charge in [0.1, 0.15) is 34.5 Å². The van der Waals surface area contributed by atoms with Crippen LogP contribution in [0.5, 0.6) is 34.5 Å². The standard InChI is InChI=1S/C46H36O3/c1-4-34-10-22-40(23-11-34)47-43-28-16-37(17-29-43)8-7-9-46(38-18-30-44(31-19-38)48-41-24-12-35(5-2)13-25-41)39-20-32-45(33-21-39)49-42-26-14-36(6-3)15-27-42/h4-33H,1-3H2. The number of allylic oxidation sites excluding steroid dienone is 2. The van der Waals surface area contributed by atoms with E-state index in [1.165, 1.54) is 0 Å². The molecule has 6 rings (SSSR count). The zero-order valence-electron chi connectivity index (χ0n) is 27.2. The highest BCUT2D eigenvalue weighted by atomic mass is 16.5. The topological polar surface area (TPSA) is 27.7 Å². The van der Waals surface area contributed by atoms with Gasteiger partial charge in [-0.25, -0.2) is 0 Å². The van der Waals surface area contributed by atoms with Crippen molar-refractivity contribution in [1.82, 2.24) is 0 Å². The van der Waals surface area contributed by atoms with Gasteiger partial charge in [-0.2, -0.15) is 0 Å². The van der Waals surface area contributed by atoms with Gasteiger partial charge in [-0.05, 0) is 112 Å². The fourth-order valence-corrected chi connectivity index (χ4v) is 5.09. The predicted molar refractivity (Wildman–Crippen MR) is 205 cm³/mol. The highest BCUT2D eigenvalue weighted by molar-refractivity contribution is 5.82. The molecule has 0 aromatic heterocycles. The molecule has 6 aromatic carbocycles. The van der Waals surface area contributed by atoms with Crippen molar-refractivity contribution in [3.05, 3.63) is 211 Å². The lowest BCUT2D eigenvalue weighted by Crippen LogP contribution is -1.90. The minimum atomic E-state index is 0.759. The first-order chi connectivity index (χ1) is 24.1. The average Bonchev–Trinajstić information content (AvgIpc) is 3.16. The maximum Gasteiger partial charge on any atom is 0.127 e. The Balaban J connectivity index is 1.21. The Morgan fingerprint density at radius 3 is 0.898 bits per heavy atom. The summed E-state index contributed by atoms with van der Waals surface area (Å²) in [5.74, 6) is 4.62. The minimum Gasteiger partial charge on any atom is -0.457 e. The molecule has 0 unspecified atom stereocenters. The van der Waals surface area contributed by atoms with Crippen LogP contribution in [0.15, 0.2) is 177 Å². The highest BCUT2D eigenvalue weighted by Crippen LogP contribution is 2.31. The van der Waals surface area contributed by atoms with E-state index in [1.807, 2.05) is 140 Å². The van der Waals surface area contributed by atoms with Crippen LogP contribution in [0.2, 0.25) is 0 Å². The van der Waals surface area contributed by atoms with Gasteiger partial charge in [0.05, 0.1) is 0 Å². The lowest BCUT2D eigenvalue weighted by Gasteiger charge is -2.12. The Kier molecular flexibility index (Phi) is 10.4.